The molecule has 0 radical (unpaired) electrons. The second-order valence-corrected chi connectivity index (χ2v) is 7.87. The molecule has 2 amide bonds. The SMILES string of the molecule is C=CCNC(=O)[C@H](Cc1ccccc1)N(Cc1ccc(F)cc1)C(=O)CCc1ccccc1. The van der Waals surface area contributed by atoms with Gasteiger partial charge in [0.05, 0.1) is 0 Å². The smallest absolute Gasteiger partial charge is 0.243 e. The number of rotatable bonds is 11. The first-order chi connectivity index (χ1) is 16.1. The number of halogens is 1. The van der Waals surface area contributed by atoms with Crippen LogP contribution in [0.3, 0.4) is 0 Å². The Hall–Kier alpha value is -3.73. The Labute approximate surface area is 194 Å². The molecule has 0 saturated carbocycles. The number of aryl methyl sites for hydroxylation is 1. The molecule has 0 aliphatic carbocycles. The number of hydrogen-bond donors (Lipinski definition) is 1. The van der Waals surface area contributed by atoms with Gasteiger partial charge < -0.3 is 10.2 Å². The summed E-state index contributed by atoms with van der Waals surface area (Å²) in [5.41, 5.74) is 2.78. The lowest BCUT2D eigenvalue weighted by atomic mass is 10.0. The zero-order valence-electron chi connectivity index (χ0n) is 18.6. The van der Waals surface area contributed by atoms with Gasteiger partial charge in [0.1, 0.15) is 11.9 Å². The van der Waals surface area contributed by atoms with Crippen molar-refractivity contribution in [2.45, 2.75) is 31.8 Å². The van der Waals surface area contributed by atoms with Crippen LogP contribution in [0.15, 0.2) is 97.6 Å². The van der Waals surface area contributed by atoms with Gasteiger partial charge in [0.25, 0.3) is 0 Å². The van der Waals surface area contributed by atoms with E-state index < -0.39 is 6.04 Å². The van der Waals surface area contributed by atoms with Crippen LogP contribution in [0.2, 0.25) is 0 Å². The fraction of sp³-hybridized carbons (Fsp3) is 0.214. The molecular weight excluding hydrogens is 415 g/mol. The van der Waals surface area contributed by atoms with Gasteiger partial charge in [-0.05, 0) is 35.2 Å². The second-order valence-electron chi connectivity index (χ2n) is 7.87. The molecule has 5 heteroatoms. The molecule has 3 rings (SSSR count). The van der Waals surface area contributed by atoms with Gasteiger partial charge in [-0.25, -0.2) is 4.39 Å². The summed E-state index contributed by atoms with van der Waals surface area (Å²) in [6, 6.07) is 24.7. The number of amides is 2. The van der Waals surface area contributed by atoms with E-state index in [1.54, 1.807) is 23.1 Å². The van der Waals surface area contributed by atoms with Crippen LogP contribution in [0.4, 0.5) is 4.39 Å². The van der Waals surface area contributed by atoms with Crippen LogP contribution in [0.25, 0.3) is 0 Å². The number of nitrogens with zero attached hydrogens (tertiary/aromatic N) is 1. The van der Waals surface area contributed by atoms with Crippen molar-refractivity contribution in [3.05, 3.63) is 120 Å². The van der Waals surface area contributed by atoms with Gasteiger partial charge in [0, 0.05) is 25.9 Å². The molecule has 3 aromatic carbocycles. The van der Waals surface area contributed by atoms with Crippen LogP contribution in [0, 0.1) is 5.82 Å². The highest BCUT2D eigenvalue weighted by molar-refractivity contribution is 5.88. The van der Waals surface area contributed by atoms with Gasteiger partial charge in [-0.15, -0.1) is 6.58 Å². The summed E-state index contributed by atoms with van der Waals surface area (Å²) in [5.74, 6) is -0.711. The highest BCUT2D eigenvalue weighted by atomic mass is 19.1. The van der Waals surface area contributed by atoms with E-state index in [4.69, 9.17) is 0 Å². The first-order valence-electron chi connectivity index (χ1n) is 11.1. The Morgan fingerprint density at radius 3 is 2.09 bits per heavy atom. The summed E-state index contributed by atoms with van der Waals surface area (Å²) < 4.78 is 13.5. The maximum absolute atomic E-state index is 13.5. The average Bonchev–Trinajstić information content (AvgIpc) is 2.85. The molecule has 0 saturated heterocycles. The van der Waals surface area contributed by atoms with Gasteiger partial charge in [-0.1, -0.05) is 78.9 Å². The predicted molar refractivity (Wildman–Crippen MR) is 129 cm³/mol. The van der Waals surface area contributed by atoms with Gasteiger partial charge in [-0.2, -0.15) is 0 Å². The van der Waals surface area contributed by atoms with Crippen molar-refractivity contribution >= 4 is 11.8 Å². The minimum Gasteiger partial charge on any atom is -0.351 e. The summed E-state index contributed by atoms with van der Waals surface area (Å²) >= 11 is 0. The zero-order valence-corrected chi connectivity index (χ0v) is 18.6. The first kappa shape index (κ1) is 23.9. The van der Waals surface area contributed by atoms with Gasteiger partial charge >= 0.3 is 0 Å². The van der Waals surface area contributed by atoms with E-state index in [0.29, 0.717) is 19.4 Å². The van der Waals surface area contributed by atoms with Crippen molar-refractivity contribution in [2.24, 2.45) is 0 Å². The minimum atomic E-state index is -0.708. The van der Waals surface area contributed by atoms with Crippen LogP contribution in [0.5, 0.6) is 0 Å². The van der Waals surface area contributed by atoms with Gasteiger partial charge in [0.15, 0.2) is 0 Å². The average molecular weight is 445 g/mol. The fourth-order valence-corrected chi connectivity index (χ4v) is 3.67. The molecule has 33 heavy (non-hydrogen) atoms. The Kier molecular flexibility index (Phi) is 8.95. The molecule has 0 heterocycles. The highest BCUT2D eigenvalue weighted by Gasteiger charge is 2.30. The maximum Gasteiger partial charge on any atom is 0.243 e. The summed E-state index contributed by atoms with van der Waals surface area (Å²) in [6.45, 7) is 4.19. The normalized spacial score (nSPS) is 11.4. The largest absolute Gasteiger partial charge is 0.351 e. The molecule has 0 aliphatic rings. The topological polar surface area (TPSA) is 49.4 Å². The lowest BCUT2D eigenvalue weighted by Crippen LogP contribution is -2.50. The molecule has 0 aromatic heterocycles. The summed E-state index contributed by atoms with van der Waals surface area (Å²) in [4.78, 5) is 28.2. The molecule has 0 spiro atoms. The monoisotopic (exact) mass is 444 g/mol. The standard InChI is InChI=1S/C28H29FN2O2/c1-2-19-30-28(33)26(20-23-11-7-4-8-12-23)31(21-24-13-16-25(29)17-14-24)27(32)18-15-22-9-5-3-6-10-22/h2-14,16-17,26H,1,15,18-21H2,(H,30,33)/t26-/m0/s1. The lowest BCUT2D eigenvalue weighted by Gasteiger charge is -2.31. The van der Waals surface area contributed by atoms with E-state index in [2.05, 4.69) is 11.9 Å². The first-order valence-corrected chi connectivity index (χ1v) is 11.1. The van der Waals surface area contributed by atoms with Crippen molar-refractivity contribution < 1.29 is 14.0 Å². The quantitative estimate of drug-likeness (QED) is 0.436. The van der Waals surface area contributed by atoms with E-state index in [-0.39, 0.29) is 30.6 Å². The number of hydrogen-bond acceptors (Lipinski definition) is 2. The van der Waals surface area contributed by atoms with E-state index in [1.165, 1.54) is 12.1 Å². The van der Waals surface area contributed by atoms with E-state index in [1.807, 2.05) is 60.7 Å². The van der Waals surface area contributed by atoms with Crippen LogP contribution in [-0.4, -0.2) is 29.3 Å². The second kappa shape index (κ2) is 12.3. The molecule has 3 aromatic rings. The number of benzene rings is 3. The van der Waals surface area contributed by atoms with Crippen molar-refractivity contribution in [1.82, 2.24) is 10.2 Å². The molecule has 0 bridgehead atoms. The Bertz CT molecular complexity index is 1040. The van der Waals surface area contributed by atoms with Crippen LogP contribution in [0.1, 0.15) is 23.1 Å². The Morgan fingerprint density at radius 2 is 1.48 bits per heavy atom. The minimum absolute atomic E-state index is 0.127. The molecule has 170 valence electrons. The summed E-state index contributed by atoms with van der Waals surface area (Å²) in [6.07, 6.45) is 2.83. The summed E-state index contributed by atoms with van der Waals surface area (Å²) in [5, 5.41) is 2.85. The van der Waals surface area contributed by atoms with Crippen LogP contribution in [-0.2, 0) is 29.0 Å². The molecule has 1 atom stereocenters. The summed E-state index contributed by atoms with van der Waals surface area (Å²) in [7, 11) is 0. The Balaban J connectivity index is 1.88. The molecule has 1 N–H and O–H groups in total. The van der Waals surface area contributed by atoms with E-state index in [9.17, 15) is 14.0 Å². The van der Waals surface area contributed by atoms with Gasteiger partial charge in [-0.3, -0.25) is 9.59 Å². The molecule has 0 unspecified atom stereocenters. The van der Waals surface area contributed by atoms with Crippen LogP contribution < -0.4 is 5.32 Å². The van der Waals surface area contributed by atoms with E-state index in [0.717, 1.165) is 16.7 Å². The third kappa shape index (κ3) is 7.42. The number of nitrogens with one attached hydrogen (secondary N) is 1. The lowest BCUT2D eigenvalue weighted by molar-refractivity contribution is -0.141. The number of carbonyl (C=O) groups is 2. The van der Waals surface area contributed by atoms with Crippen molar-refractivity contribution in [1.29, 1.82) is 0 Å². The van der Waals surface area contributed by atoms with Crippen molar-refractivity contribution in [3.63, 3.8) is 0 Å². The van der Waals surface area contributed by atoms with Crippen molar-refractivity contribution in [3.8, 4) is 0 Å². The third-order valence-corrected chi connectivity index (χ3v) is 5.43. The van der Waals surface area contributed by atoms with E-state index >= 15 is 0 Å². The molecular formula is C28H29FN2O2. The Morgan fingerprint density at radius 1 is 0.879 bits per heavy atom. The number of carbonyl (C=O) groups excluding carboxylic acids is 2. The van der Waals surface area contributed by atoms with Crippen LogP contribution >= 0.6 is 0 Å². The molecule has 0 aliphatic heterocycles. The highest BCUT2D eigenvalue weighted by Crippen LogP contribution is 2.17. The zero-order chi connectivity index (χ0) is 23.5. The van der Waals surface area contributed by atoms with Crippen molar-refractivity contribution in [2.75, 3.05) is 6.54 Å². The molecule has 4 nitrogen and oxygen atoms in total. The fourth-order valence-electron chi connectivity index (χ4n) is 3.67. The van der Waals surface area contributed by atoms with Gasteiger partial charge in [0.2, 0.25) is 11.8 Å². The third-order valence-electron chi connectivity index (χ3n) is 5.43. The maximum atomic E-state index is 13.5. The predicted octanol–water partition coefficient (Wildman–Crippen LogP) is 4.70. The molecule has 0 fully saturated rings.